The molecule has 0 N–H and O–H groups in total. The molecule has 6 aromatic carbocycles. The molecule has 2 nitrogen and oxygen atoms in total. The van der Waals surface area contributed by atoms with E-state index in [4.69, 9.17) is 0 Å². The summed E-state index contributed by atoms with van der Waals surface area (Å²) in [6.07, 6.45) is 4.53. The molecule has 0 unspecified atom stereocenters. The summed E-state index contributed by atoms with van der Waals surface area (Å²) in [6.45, 7) is 4.26. The minimum atomic E-state index is 1.11. The van der Waals surface area contributed by atoms with Crippen LogP contribution in [0.3, 0.4) is 0 Å². The van der Waals surface area contributed by atoms with Crippen molar-refractivity contribution in [3.8, 4) is 0 Å². The predicted molar refractivity (Wildman–Crippen MR) is 198 cm³/mol. The predicted octanol–water partition coefficient (Wildman–Crippen LogP) is 11.4. The molecule has 0 saturated carbocycles. The normalized spacial score (nSPS) is 11.2. The molecule has 0 aliphatic rings. The number of anilines is 4. The fraction of sp³-hybridized carbons (Fsp3) is 0.0909. The van der Waals surface area contributed by atoms with Gasteiger partial charge >= 0.3 is 0 Å². The monoisotopic (exact) mass is 596 g/mol. The minimum absolute atomic E-state index is 1.11. The van der Waals surface area contributed by atoms with E-state index in [2.05, 4.69) is 208 Å². The molecule has 0 heterocycles. The quantitative estimate of drug-likeness (QED) is 0.153. The molecule has 0 amide bonds. The molecule has 0 fully saturated rings. The first-order valence-corrected chi connectivity index (χ1v) is 15.8. The Labute approximate surface area is 274 Å². The molecule has 0 aromatic heterocycles. The van der Waals surface area contributed by atoms with Gasteiger partial charge in [0, 0.05) is 36.8 Å². The largest absolute Gasteiger partial charge is 0.378 e. The fourth-order valence-corrected chi connectivity index (χ4v) is 5.68. The van der Waals surface area contributed by atoms with Gasteiger partial charge in [-0.1, -0.05) is 132 Å². The molecule has 0 atom stereocenters. The Morgan fingerprint density at radius 3 is 1.02 bits per heavy atom. The van der Waals surface area contributed by atoms with Gasteiger partial charge in [-0.25, -0.2) is 0 Å². The van der Waals surface area contributed by atoms with Gasteiger partial charge < -0.3 is 9.80 Å². The van der Waals surface area contributed by atoms with E-state index >= 15 is 0 Å². The number of allylic oxidation sites excluding steroid dienone is 2. The summed E-state index contributed by atoms with van der Waals surface area (Å²) in [5.74, 6) is 0. The molecule has 6 rings (SSSR count). The third-order valence-corrected chi connectivity index (χ3v) is 8.30. The van der Waals surface area contributed by atoms with Gasteiger partial charge in [-0.05, 0) is 95.8 Å². The summed E-state index contributed by atoms with van der Waals surface area (Å²) in [7, 11) is 4.15. The average Bonchev–Trinajstić information content (AvgIpc) is 3.10. The molecule has 0 bridgehead atoms. The van der Waals surface area contributed by atoms with E-state index in [0.717, 1.165) is 22.6 Å². The van der Waals surface area contributed by atoms with Gasteiger partial charge in [-0.15, -0.1) is 0 Å². The van der Waals surface area contributed by atoms with E-state index in [1.165, 1.54) is 44.7 Å². The van der Waals surface area contributed by atoms with Crippen LogP contribution in [-0.4, -0.2) is 14.1 Å². The maximum atomic E-state index is 2.32. The molecule has 0 aliphatic carbocycles. The Bertz CT molecular complexity index is 1830. The molecule has 226 valence electrons. The Hall–Kier alpha value is -5.60. The van der Waals surface area contributed by atoms with Crippen molar-refractivity contribution in [2.24, 2.45) is 0 Å². The van der Waals surface area contributed by atoms with Crippen molar-refractivity contribution in [3.05, 3.63) is 203 Å². The van der Waals surface area contributed by atoms with Crippen LogP contribution >= 0.6 is 0 Å². The summed E-state index contributed by atoms with van der Waals surface area (Å²) in [5.41, 5.74) is 14.1. The van der Waals surface area contributed by atoms with Gasteiger partial charge in [-0.2, -0.15) is 0 Å². The molecule has 0 aliphatic heterocycles. The first-order valence-electron chi connectivity index (χ1n) is 15.8. The zero-order valence-electron chi connectivity index (χ0n) is 27.1. The van der Waals surface area contributed by atoms with Crippen molar-refractivity contribution < 1.29 is 0 Å². The number of hydrogen-bond acceptors (Lipinski definition) is 2. The second-order valence-electron chi connectivity index (χ2n) is 11.9. The van der Waals surface area contributed by atoms with Gasteiger partial charge in [0.1, 0.15) is 0 Å². The zero-order valence-corrected chi connectivity index (χ0v) is 27.1. The van der Waals surface area contributed by atoms with Crippen LogP contribution < -0.4 is 9.80 Å². The fourth-order valence-electron chi connectivity index (χ4n) is 5.68. The van der Waals surface area contributed by atoms with Crippen LogP contribution in [0.15, 0.2) is 170 Å². The van der Waals surface area contributed by atoms with Crippen molar-refractivity contribution in [2.75, 3.05) is 23.9 Å². The molecule has 2 heteroatoms. The molecular weight excluding hydrogens is 556 g/mol. The van der Waals surface area contributed by atoms with Crippen molar-refractivity contribution >= 4 is 33.9 Å². The standard InChI is InChI=1S/C44H40N2/c1-33-15-23-40(24-16-33)46(41-25-17-34(2)18-26-41)42-29-21-38(22-30-42)44(37-19-27-39(28-20-37)45(3)4)32-31-43(35-11-7-5-8-12-35)36-13-9-6-10-14-36/h5-32H,1-4H3/b44-32+. The second-order valence-corrected chi connectivity index (χ2v) is 11.9. The molecule has 46 heavy (non-hydrogen) atoms. The highest BCUT2D eigenvalue weighted by molar-refractivity contribution is 5.87. The Balaban J connectivity index is 1.46. The number of hydrogen-bond donors (Lipinski definition) is 0. The van der Waals surface area contributed by atoms with E-state index < -0.39 is 0 Å². The van der Waals surface area contributed by atoms with E-state index in [9.17, 15) is 0 Å². The highest BCUT2D eigenvalue weighted by atomic mass is 15.1. The van der Waals surface area contributed by atoms with Gasteiger partial charge in [0.05, 0.1) is 0 Å². The average molecular weight is 597 g/mol. The van der Waals surface area contributed by atoms with Crippen LogP contribution in [-0.2, 0) is 0 Å². The van der Waals surface area contributed by atoms with Crippen LogP contribution in [0.2, 0.25) is 0 Å². The third-order valence-electron chi connectivity index (χ3n) is 8.30. The first-order chi connectivity index (χ1) is 22.5. The van der Waals surface area contributed by atoms with Gasteiger partial charge in [0.2, 0.25) is 0 Å². The Kier molecular flexibility index (Phi) is 9.27. The van der Waals surface area contributed by atoms with Crippen LogP contribution in [0.5, 0.6) is 0 Å². The number of benzene rings is 6. The van der Waals surface area contributed by atoms with E-state index in [0.29, 0.717) is 0 Å². The number of nitrogens with zero attached hydrogens (tertiary/aromatic N) is 2. The maximum absolute atomic E-state index is 2.32. The summed E-state index contributed by atoms with van der Waals surface area (Å²) in [6, 6.07) is 56.5. The van der Waals surface area contributed by atoms with Crippen LogP contribution in [0.1, 0.15) is 33.4 Å². The third kappa shape index (κ3) is 7.03. The summed E-state index contributed by atoms with van der Waals surface area (Å²) in [5, 5.41) is 0. The van der Waals surface area contributed by atoms with Crippen molar-refractivity contribution in [2.45, 2.75) is 13.8 Å². The van der Waals surface area contributed by atoms with Gasteiger partial charge in [-0.3, -0.25) is 0 Å². The lowest BCUT2D eigenvalue weighted by Gasteiger charge is -2.26. The number of rotatable bonds is 9. The highest BCUT2D eigenvalue weighted by Crippen LogP contribution is 2.36. The lowest BCUT2D eigenvalue weighted by atomic mass is 9.93. The molecule has 6 aromatic rings. The number of aryl methyl sites for hydroxylation is 2. The Morgan fingerprint density at radius 1 is 0.370 bits per heavy atom. The van der Waals surface area contributed by atoms with Crippen LogP contribution in [0.25, 0.3) is 11.1 Å². The Morgan fingerprint density at radius 2 is 0.674 bits per heavy atom. The first kappa shape index (κ1) is 30.4. The lowest BCUT2D eigenvalue weighted by molar-refractivity contribution is 1.13. The van der Waals surface area contributed by atoms with Crippen molar-refractivity contribution in [1.29, 1.82) is 0 Å². The van der Waals surface area contributed by atoms with E-state index in [-0.39, 0.29) is 0 Å². The molecule has 0 spiro atoms. The zero-order chi connectivity index (χ0) is 31.9. The topological polar surface area (TPSA) is 6.48 Å². The van der Waals surface area contributed by atoms with Gasteiger partial charge in [0.25, 0.3) is 0 Å². The molecule has 0 radical (unpaired) electrons. The molecule has 0 saturated heterocycles. The highest BCUT2D eigenvalue weighted by Gasteiger charge is 2.14. The van der Waals surface area contributed by atoms with Crippen LogP contribution in [0, 0.1) is 13.8 Å². The minimum Gasteiger partial charge on any atom is -0.378 e. The lowest BCUT2D eigenvalue weighted by Crippen LogP contribution is -2.10. The summed E-state index contributed by atoms with van der Waals surface area (Å²) in [4.78, 5) is 4.45. The van der Waals surface area contributed by atoms with Crippen molar-refractivity contribution in [3.63, 3.8) is 0 Å². The van der Waals surface area contributed by atoms with E-state index in [1.807, 2.05) is 0 Å². The summed E-state index contributed by atoms with van der Waals surface area (Å²) >= 11 is 0. The second kappa shape index (κ2) is 14.0. The SMILES string of the molecule is Cc1ccc(N(c2ccc(C)cc2)c2ccc(/C(=C/C=C(c3ccccc3)c3ccccc3)c3ccc(N(C)C)cc3)cc2)cc1. The van der Waals surface area contributed by atoms with E-state index in [1.54, 1.807) is 0 Å². The smallest absolute Gasteiger partial charge is 0.0462 e. The molecular formula is C44H40N2. The van der Waals surface area contributed by atoms with Gasteiger partial charge in [0.15, 0.2) is 0 Å². The summed E-state index contributed by atoms with van der Waals surface area (Å²) < 4.78 is 0. The van der Waals surface area contributed by atoms with Crippen LogP contribution in [0.4, 0.5) is 22.7 Å². The van der Waals surface area contributed by atoms with Crippen molar-refractivity contribution in [1.82, 2.24) is 0 Å². The maximum Gasteiger partial charge on any atom is 0.0462 e.